The lowest BCUT2D eigenvalue weighted by molar-refractivity contribution is -0.0511. The van der Waals surface area contributed by atoms with Crippen LogP contribution in [0.4, 0.5) is 5.82 Å². The van der Waals surface area contributed by atoms with Gasteiger partial charge in [-0.3, -0.25) is 4.57 Å². The minimum atomic E-state index is -1.28. The molecule has 4 atom stereocenters. The van der Waals surface area contributed by atoms with Crippen LogP contribution in [0, 0.1) is 0 Å². The summed E-state index contributed by atoms with van der Waals surface area (Å²) in [5, 5.41) is 43.5. The lowest BCUT2D eigenvalue weighted by Crippen LogP contribution is -2.33. The SMILES string of the molecule is COc1cc(OC)c(OC)c(O)c1CNc1ncnc2c1ncn2[C@@H]1O[C@H](CO)[C@@H](O)[C@@H]1O. The second kappa shape index (κ2) is 9.23. The quantitative estimate of drug-likeness (QED) is 0.298. The second-order valence-corrected chi connectivity index (χ2v) is 7.27. The Labute approximate surface area is 188 Å². The van der Waals surface area contributed by atoms with Gasteiger partial charge in [0.15, 0.2) is 34.7 Å². The van der Waals surface area contributed by atoms with E-state index in [4.69, 9.17) is 18.9 Å². The van der Waals surface area contributed by atoms with Gasteiger partial charge in [0.05, 0.1) is 39.8 Å². The molecule has 33 heavy (non-hydrogen) atoms. The molecule has 5 N–H and O–H groups in total. The molecule has 1 aromatic carbocycles. The number of rotatable bonds is 8. The van der Waals surface area contributed by atoms with Gasteiger partial charge in [-0.2, -0.15) is 0 Å². The average Bonchev–Trinajstić information content (AvgIpc) is 3.38. The van der Waals surface area contributed by atoms with Crippen LogP contribution < -0.4 is 19.5 Å². The van der Waals surface area contributed by atoms with E-state index in [-0.39, 0.29) is 18.0 Å². The highest BCUT2D eigenvalue weighted by Gasteiger charge is 2.44. The smallest absolute Gasteiger partial charge is 0.203 e. The number of anilines is 1. The van der Waals surface area contributed by atoms with Crippen LogP contribution in [0.5, 0.6) is 23.0 Å². The molecule has 1 aliphatic heterocycles. The van der Waals surface area contributed by atoms with Crippen LogP contribution >= 0.6 is 0 Å². The van der Waals surface area contributed by atoms with Crippen molar-refractivity contribution in [2.45, 2.75) is 31.1 Å². The number of aromatic nitrogens is 4. The molecular weight excluding hydrogens is 438 g/mol. The molecule has 1 aliphatic rings. The molecule has 1 saturated heterocycles. The molecule has 2 aromatic heterocycles. The zero-order valence-corrected chi connectivity index (χ0v) is 18.2. The van der Waals surface area contributed by atoms with Crippen molar-refractivity contribution in [2.75, 3.05) is 33.3 Å². The number of hydrogen-bond donors (Lipinski definition) is 5. The highest BCUT2D eigenvalue weighted by molar-refractivity contribution is 5.82. The number of phenolic OH excluding ortho intramolecular Hbond substituents is 1. The lowest BCUT2D eigenvalue weighted by atomic mass is 10.1. The first kappa shape index (κ1) is 22.8. The molecule has 13 heteroatoms. The predicted molar refractivity (Wildman–Crippen MR) is 113 cm³/mol. The molecule has 0 unspecified atom stereocenters. The number of phenols is 1. The minimum Gasteiger partial charge on any atom is -0.504 e. The van der Waals surface area contributed by atoms with E-state index in [0.717, 1.165) is 0 Å². The third kappa shape index (κ3) is 3.84. The van der Waals surface area contributed by atoms with E-state index in [9.17, 15) is 20.4 Å². The molecule has 3 aromatic rings. The Morgan fingerprint density at radius 2 is 1.82 bits per heavy atom. The maximum atomic E-state index is 10.7. The van der Waals surface area contributed by atoms with Gasteiger partial charge in [0.1, 0.15) is 30.4 Å². The van der Waals surface area contributed by atoms with Crippen molar-refractivity contribution >= 4 is 17.0 Å². The van der Waals surface area contributed by atoms with Gasteiger partial charge in [0.25, 0.3) is 0 Å². The first-order chi connectivity index (χ1) is 15.9. The van der Waals surface area contributed by atoms with Crippen LogP contribution in [0.15, 0.2) is 18.7 Å². The summed E-state index contributed by atoms with van der Waals surface area (Å²) in [5.74, 6) is 1.05. The molecule has 0 bridgehead atoms. The van der Waals surface area contributed by atoms with E-state index in [1.54, 1.807) is 6.07 Å². The Bertz CT molecular complexity index is 1140. The Kier molecular flexibility index (Phi) is 6.37. The van der Waals surface area contributed by atoms with Crippen LogP contribution in [0.2, 0.25) is 0 Å². The van der Waals surface area contributed by atoms with Gasteiger partial charge in [0.2, 0.25) is 5.75 Å². The summed E-state index contributed by atoms with van der Waals surface area (Å²) < 4.78 is 22.9. The summed E-state index contributed by atoms with van der Waals surface area (Å²) >= 11 is 0. The molecular formula is C20H25N5O8. The molecule has 4 rings (SSSR count). The summed E-state index contributed by atoms with van der Waals surface area (Å²) in [6.45, 7) is -0.345. The summed E-state index contributed by atoms with van der Waals surface area (Å²) in [5.41, 5.74) is 1.12. The van der Waals surface area contributed by atoms with Crippen LogP contribution in [0.3, 0.4) is 0 Å². The van der Waals surface area contributed by atoms with Crippen molar-refractivity contribution < 1.29 is 39.4 Å². The lowest BCUT2D eigenvalue weighted by Gasteiger charge is -2.17. The van der Waals surface area contributed by atoms with Gasteiger partial charge in [-0.05, 0) is 0 Å². The maximum absolute atomic E-state index is 10.7. The number of benzene rings is 1. The van der Waals surface area contributed by atoms with Crippen LogP contribution in [-0.2, 0) is 11.3 Å². The number of nitrogens with zero attached hydrogens (tertiary/aromatic N) is 4. The van der Waals surface area contributed by atoms with Gasteiger partial charge in [-0.1, -0.05) is 0 Å². The number of fused-ring (bicyclic) bond motifs is 1. The van der Waals surface area contributed by atoms with Crippen molar-refractivity contribution in [3.63, 3.8) is 0 Å². The van der Waals surface area contributed by atoms with Crippen molar-refractivity contribution in [1.29, 1.82) is 0 Å². The number of aliphatic hydroxyl groups excluding tert-OH is 3. The van der Waals surface area contributed by atoms with Gasteiger partial charge >= 0.3 is 0 Å². The Balaban J connectivity index is 1.64. The predicted octanol–water partition coefficient (Wildman–Crippen LogP) is -0.219. The topological polar surface area (TPSA) is 173 Å². The van der Waals surface area contributed by atoms with Gasteiger partial charge in [-0.15, -0.1) is 0 Å². The van der Waals surface area contributed by atoms with E-state index in [1.807, 2.05) is 0 Å². The monoisotopic (exact) mass is 463 g/mol. The largest absolute Gasteiger partial charge is 0.504 e. The highest BCUT2D eigenvalue weighted by atomic mass is 16.6. The second-order valence-electron chi connectivity index (χ2n) is 7.27. The number of nitrogens with one attached hydrogen (secondary N) is 1. The number of ether oxygens (including phenoxy) is 4. The molecule has 0 aliphatic carbocycles. The first-order valence-corrected chi connectivity index (χ1v) is 9.99. The summed E-state index contributed by atoms with van der Waals surface area (Å²) in [4.78, 5) is 12.7. The third-order valence-electron chi connectivity index (χ3n) is 5.51. The molecule has 3 heterocycles. The molecule has 0 saturated carbocycles. The number of aliphatic hydroxyl groups is 3. The summed E-state index contributed by atoms with van der Waals surface area (Å²) in [7, 11) is 4.34. The van der Waals surface area contributed by atoms with Crippen LogP contribution in [0.25, 0.3) is 11.2 Å². The molecule has 178 valence electrons. The van der Waals surface area contributed by atoms with E-state index in [0.29, 0.717) is 34.0 Å². The fourth-order valence-electron chi connectivity index (χ4n) is 3.79. The molecule has 1 fully saturated rings. The third-order valence-corrected chi connectivity index (χ3v) is 5.51. The first-order valence-electron chi connectivity index (χ1n) is 9.99. The molecule has 0 spiro atoms. The van der Waals surface area contributed by atoms with Crippen molar-refractivity contribution in [3.8, 4) is 23.0 Å². The van der Waals surface area contributed by atoms with Crippen molar-refractivity contribution in [3.05, 3.63) is 24.3 Å². The average molecular weight is 463 g/mol. The molecule has 0 amide bonds. The Morgan fingerprint density at radius 3 is 2.45 bits per heavy atom. The number of methoxy groups -OCH3 is 3. The van der Waals surface area contributed by atoms with E-state index < -0.39 is 31.1 Å². The zero-order chi connectivity index (χ0) is 23.7. The molecule has 13 nitrogen and oxygen atoms in total. The van der Waals surface area contributed by atoms with Crippen molar-refractivity contribution in [1.82, 2.24) is 19.5 Å². The Morgan fingerprint density at radius 1 is 1.06 bits per heavy atom. The normalized spacial score (nSPS) is 22.5. The molecule has 0 radical (unpaired) electrons. The van der Waals surface area contributed by atoms with Crippen LogP contribution in [-0.4, -0.2) is 86.2 Å². The number of aromatic hydroxyl groups is 1. The summed E-state index contributed by atoms with van der Waals surface area (Å²) in [6.07, 6.45) is -1.74. The van der Waals surface area contributed by atoms with E-state index in [1.165, 1.54) is 38.6 Å². The minimum absolute atomic E-state index is 0.0994. The Hall–Kier alpha value is -3.39. The fraction of sp³-hybridized carbons (Fsp3) is 0.450. The standard InChI is InChI=1S/C20H25N5O8/c1-30-10-4-11(31-2)17(32-3)14(27)9(10)5-21-18-13-19(23-7-22-18)25(8-24-13)20-16(29)15(28)12(6-26)33-20/h4,7-8,12,15-16,20,26-29H,5-6H2,1-3H3,(H,21,22,23)/t12-,15-,16+,20-/m1/s1. The van der Waals surface area contributed by atoms with Crippen molar-refractivity contribution in [2.24, 2.45) is 0 Å². The van der Waals surface area contributed by atoms with Crippen LogP contribution in [0.1, 0.15) is 11.8 Å². The zero-order valence-electron chi connectivity index (χ0n) is 18.2. The fourth-order valence-corrected chi connectivity index (χ4v) is 3.79. The van der Waals surface area contributed by atoms with E-state index in [2.05, 4.69) is 20.3 Å². The number of hydrogen-bond acceptors (Lipinski definition) is 12. The highest BCUT2D eigenvalue weighted by Crippen LogP contribution is 2.44. The van der Waals surface area contributed by atoms with E-state index >= 15 is 0 Å². The van der Waals surface area contributed by atoms with Gasteiger partial charge < -0.3 is 44.7 Å². The maximum Gasteiger partial charge on any atom is 0.203 e. The number of imidazole rings is 1. The van der Waals surface area contributed by atoms with Gasteiger partial charge in [0, 0.05) is 12.6 Å². The van der Waals surface area contributed by atoms with Gasteiger partial charge in [-0.25, -0.2) is 15.0 Å². The summed E-state index contributed by atoms with van der Waals surface area (Å²) in [6, 6.07) is 1.60.